The predicted molar refractivity (Wildman–Crippen MR) is 86.9 cm³/mol. The molecule has 1 aromatic rings. The molecule has 3 heteroatoms. The van der Waals surface area contributed by atoms with Crippen molar-refractivity contribution in [2.75, 3.05) is 18.0 Å². The molecule has 0 amide bonds. The molecule has 1 aliphatic rings. The molecule has 2 unspecified atom stereocenters. The van der Waals surface area contributed by atoms with Gasteiger partial charge in [-0.3, -0.25) is 0 Å². The van der Waals surface area contributed by atoms with Gasteiger partial charge in [0.2, 0.25) is 0 Å². The molecule has 2 rings (SSSR count). The summed E-state index contributed by atoms with van der Waals surface area (Å²) in [5.74, 6) is 0.656. The van der Waals surface area contributed by atoms with Gasteiger partial charge in [-0.2, -0.15) is 0 Å². The number of nitrogens with zero attached hydrogens (tertiary/aromatic N) is 1. The zero-order valence-corrected chi connectivity index (χ0v) is 14.0. The Morgan fingerprint density at radius 2 is 2.16 bits per heavy atom. The van der Waals surface area contributed by atoms with Crippen LogP contribution in [0.2, 0.25) is 0 Å². The quantitative estimate of drug-likeness (QED) is 0.905. The third-order valence-electron chi connectivity index (χ3n) is 4.18. The Balaban J connectivity index is 2.33. The van der Waals surface area contributed by atoms with Crippen molar-refractivity contribution in [2.24, 2.45) is 5.92 Å². The molecular formula is C16H25BrN2. The van der Waals surface area contributed by atoms with Crippen LogP contribution in [0.3, 0.4) is 0 Å². The lowest BCUT2D eigenvalue weighted by Crippen LogP contribution is -2.58. The minimum Gasteiger partial charge on any atom is -0.365 e. The number of hydrogen-bond donors (Lipinski definition) is 1. The molecule has 1 aliphatic heterocycles. The van der Waals surface area contributed by atoms with Crippen molar-refractivity contribution < 1.29 is 0 Å². The summed E-state index contributed by atoms with van der Waals surface area (Å²) in [7, 11) is 0. The molecule has 1 aromatic carbocycles. The highest BCUT2D eigenvalue weighted by Gasteiger charge is 2.30. The third-order valence-corrected chi connectivity index (χ3v) is 4.67. The molecule has 0 aromatic heterocycles. The molecule has 0 bridgehead atoms. The molecule has 19 heavy (non-hydrogen) atoms. The van der Waals surface area contributed by atoms with E-state index in [1.54, 1.807) is 0 Å². The first-order valence-electron chi connectivity index (χ1n) is 7.29. The van der Waals surface area contributed by atoms with E-state index in [1.165, 1.54) is 22.1 Å². The van der Waals surface area contributed by atoms with Gasteiger partial charge in [-0.15, -0.1) is 0 Å². The van der Waals surface area contributed by atoms with E-state index >= 15 is 0 Å². The van der Waals surface area contributed by atoms with Crippen LogP contribution in [0.25, 0.3) is 0 Å². The lowest BCUT2D eigenvalue weighted by Gasteiger charge is -2.44. The van der Waals surface area contributed by atoms with Crippen LogP contribution in [0.5, 0.6) is 0 Å². The van der Waals surface area contributed by atoms with Gasteiger partial charge in [0.05, 0.1) is 0 Å². The van der Waals surface area contributed by atoms with Crippen LogP contribution in [0.1, 0.15) is 32.8 Å². The fraction of sp³-hybridized carbons (Fsp3) is 0.625. The minimum absolute atomic E-state index is 0.579. The van der Waals surface area contributed by atoms with Crippen LogP contribution in [-0.2, 0) is 0 Å². The Hall–Kier alpha value is -0.540. The molecule has 2 nitrogen and oxygen atoms in total. The van der Waals surface area contributed by atoms with Gasteiger partial charge in [0.15, 0.2) is 0 Å². The van der Waals surface area contributed by atoms with Gasteiger partial charge < -0.3 is 10.2 Å². The Bertz CT molecular complexity index is 431. The minimum atomic E-state index is 0.579. The van der Waals surface area contributed by atoms with E-state index in [0.717, 1.165) is 13.1 Å². The van der Waals surface area contributed by atoms with Crippen molar-refractivity contribution in [3.63, 3.8) is 0 Å². The van der Waals surface area contributed by atoms with Gasteiger partial charge in [-0.05, 0) is 37.0 Å². The summed E-state index contributed by atoms with van der Waals surface area (Å²) in [6, 6.07) is 7.79. The number of halogens is 1. The van der Waals surface area contributed by atoms with Crippen LogP contribution >= 0.6 is 15.9 Å². The second-order valence-electron chi connectivity index (χ2n) is 5.91. The van der Waals surface area contributed by atoms with Crippen molar-refractivity contribution in [1.29, 1.82) is 0 Å². The SMILES string of the molecule is CCC1CN(c2cc(Br)ccc2C)C(C(C)C)CN1. The van der Waals surface area contributed by atoms with Crippen LogP contribution in [-0.4, -0.2) is 25.2 Å². The van der Waals surface area contributed by atoms with E-state index in [-0.39, 0.29) is 0 Å². The second-order valence-corrected chi connectivity index (χ2v) is 6.82. The maximum absolute atomic E-state index is 3.68. The Morgan fingerprint density at radius 1 is 1.42 bits per heavy atom. The van der Waals surface area contributed by atoms with Crippen molar-refractivity contribution in [2.45, 2.75) is 46.2 Å². The summed E-state index contributed by atoms with van der Waals surface area (Å²) < 4.78 is 1.17. The highest BCUT2D eigenvalue weighted by Crippen LogP contribution is 2.30. The second kappa shape index (κ2) is 6.27. The first-order chi connectivity index (χ1) is 9.02. The lowest BCUT2D eigenvalue weighted by molar-refractivity contribution is 0.333. The molecule has 0 radical (unpaired) electrons. The van der Waals surface area contributed by atoms with E-state index in [2.05, 4.69) is 72.0 Å². The third kappa shape index (κ3) is 3.32. The average molecular weight is 325 g/mol. The molecule has 1 saturated heterocycles. The number of nitrogens with one attached hydrogen (secondary N) is 1. The molecule has 0 spiro atoms. The van der Waals surface area contributed by atoms with Crippen molar-refractivity contribution in [3.8, 4) is 0 Å². The van der Waals surface area contributed by atoms with Gasteiger partial charge >= 0.3 is 0 Å². The van der Waals surface area contributed by atoms with E-state index in [0.29, 0.717) is 18.0 Å². The van der Waals surface area contributed by atoms with E-state index in [4.69, 9.17) is 0 Å². The van der Waals surface area contributed by atoms with Crippen LogP contribution < -0.4 is 10.2 Å². The van der Waals surface area contributed by atoms with E-state index < -0.39 is 0 Å². The molecule has 1 heterocycles. The maximum atomic E-state index is 3.68. The summed E-state index contributed by atoms with van der Waals surface area (Å²) in [6.45, 7) is 11.3. The summed E-state index contributed by atoms with van der Waals surface area (Å²) in [6.07, 6.45) is 1.19. The molecule has 0 aliphatic carbocycles. The monoisotopic (exact) mass is 324 g/mol. The van der Waals surface area contributed by atoms with Crippen LogP contribution in [0.15, 0.2) is 22.7 Å². The van der Waals surface area contributed by atoms with Gasteiger partial charge in [0.1, 0.15) is 0 Å². The highest BCUT2D eigenvalue weighted by molar-refractivity contribution is 9.10. The number of rotatable bonds is 3. The van der Waals surface area contributed by atoms with Crippen LogP contribution in [0.4, 0.5) is 5.69 Å². The number of anilines is 1. The van der Waals surface area contributed by atoms with Crippen molar-refractivity contribution >= 4 is 21.6 Å². The van der Waals surface area contributed by atoms with Gasteiger partial charge in [-0.25, -0.2) is 0 Å². The Labute approximate surface area is 125 Å². The fourth-order valence-electron chi connectivity index (χ4n) is 2.87. The normalized spacial score (nSPS) is 24.0. The number of hydrogen-bond acceptors (Lipinski definition) is 2. The summed E-state index contributed by atoms with van der Waals surface area (Å²) in [5.41, 5.74) is 2.75. The zero-order valence-electron chi connectivity index (χ0n) is 12.4. The molecule has 0 saturated carbocycles. The standard InChI is InChI=1S/C16H25BrN2/c1-5-14-10-19(16(9-18-14)11(2)3)15-8-13(17)7-6-12(15)4/h6-8,11,14,16,18H,5,9-10H2,1-4H3. The molecule has 1 N–H and O–H groups in total. The fourth-order valence-corrected chi connectivity index (χ4v) is 3.22. The smallest absolute Gasteiger partial charge is 0.0438 e. The summed E-state index contributed by atoms with van der Waals surface area (Å²) >= 11 is 3.61. The van der Waals surface area contributed by atoms with E-state index in [9.17, 15) is 0 Å². The zero-order chi connectivity index (χ0) is 14.0. The number of benzene rings is 1. The first kappa shape index (κ1) is 14.9. The Morgan fingerprint density at radius 3 is 2.79 bits per heavy atom. The maximum Gasteiger partial charge on any atom is 0.0438 e. The molecule has 106 valence electrons. The number of piperazine rings is 1. The summed E-state index contributed by atoms with van der Waals surface area (Å²) in [4.78, 5) is 2.61. The average Bonchev–Trinajstić information content (AvgIpc) is 2.40. The summed E-state index contributed by atoms with van der Waals surface area (Å²) in [5, 5.41) is 3.68. The highest BCUT2D eigenvalue weighted by atomic mass is 79.9. The largest absolute Gasteiger partial charge is 0.365 e. The molecular weight excluding hydrogens is 300 g/mol. The number of aryl methyl sites for hydroxylation is 1. The van der Waals surface area contributed by atoms with Crippen LogP contribution in [0, 0.1) is 12.8 Å². The van der Waals surface area contributed by atoms with Crippen molar-refractivity contribution in [1.82, 2.24) is 5.32 Å². The van der Waals surface area contributed by atoms with Gasteiger partial charge in [0, 0.05) is 35.3 Å². The van der Waals surface area contributed by atoms with E-state index in [1.807, 2.05) is 0 Å². The lowest BCUT2D eigenvalue weighted by atomic mass is 9.96. The first-order valence-corrected chi connectivity index (χ1v) is 8.08. The van der Waals surface area contributed by atoms with Gasteiger partial charge in [-0.1, -0.05) is 42.8 Å². The Kier molecular flexibility index (Phi) is 4.91. The van der Waals surface area contributed by atoms with Crippen molar-refractivity contribution in [3.05, 3.63) is 28.2 Å². The molecule has 2 atom stereocenters. The predicted octanol–water partition coefficient (Wildman–Crippen LogP) is 3.97. The molecule has 1 fully saturated rings. The van der Waals surface area contributed by atoms with Gasteiger partial charge in [0.25, 0.3) is 0 Å². The topological polar surface area (TPSA) is 15.3 Å².